The quantitative estimate of drug-likeness (QED) is 0.817. The minimum Gasteiger partial charge on any atom is -0.493 e. The van der Waals surface area contributed by atoms with Gasteiger partial charge in [0.05, 0.1) is 20.8 Å². The Balaban J connectivity index is 1.40. The van der Waals surface area contributed by atoms with Gasteiger partial charge in [-0.25, -0.2) is 0 Å². The van der Waals surface area contributed by atoms with Crippen molar-refractivity contribution in [1.29, 1.82) is 0 Å². The normalized spacial score (nSPS) is 15.1. The second kappa shape index (κ2) is 8.55. The summed E-state index contributed by atoms with van der Waals surface area (Å²) in [4.78, 5) is 19.2. The van der Waals surface area contributed by atoms with E-state index in [1.807, 2.05) is 18.2 Å². The van der Waals surface area contributed by atoms with Crippen LogP contribution in [0.4, 0.5) is 5.69 Å². The fraction of sp³-hybridized carbons (Fsp3) is 0.391. The molecule has 2 aromatic rings. The molecule has 0 unspecified atom stereocenters. The van der Waals surface area contributed by atoms with Crippen molar-refractivity contribution >= 4 is 17.6 Å². The van der Waals surface area contributed by atoms with Crippen LogP contribution in [-0.4, -0.2) is 44.1 Å². The largest absolute Gasteiger partial charge is 0.493 e. The summed E-state index contributed by atoms with van der Waals surface area (Å²) in [5.74, 6) is 2.12. The summed E-state index contributed by atoms with van der Waals surface area (Å²) >= 11 is 0. The van der Waals surface area contributed by atoms with Gasteiger partial charge in [0.25, 0.3) is 0 Å². The van der Waals surface area contributed by atoms with Gasteiger partial charge in [0.2, 0.25) is 11.9 Å². The van der Waals surface area contributed by atoms with Crippen molar-refractivity contribution in [3.8, 4) is 11.5 Å². The molecule has 1 N–H and O–H groups in total. The highest BCUT2D eigenvalue weighted by Crippen LogP contribution is 2.30. The zero-order chi connectivity index (χ0) is 20.2. The van der Waals surface area contributed by atoms with Gasteiger partial charge in [0, 0.05) is 18.7 Å². The highest BCUT2D eigenvalue weighted by Gasteiger charge is 2.25. The van der Waals surface area contributed by atoms with Crippen molar-refractivity contribution in [3.63, 3.8) is 0 Å². The van der Waals surface area contributed by atoms with Crippen molar-refractivity contribution < 1.29 is 14.3 Å². The lowest BCUT2D eigenvalue weighted by Crippen LogP contribution is -2.38. The number of guanidine groups is 1. The molecule has 2 aromatic carbocycles. The molecule has 4 rings (SSSR count). The molecule has 152 valence electrons. The zero-order valence-corrected chi connectivity index (χ0v) is 17.0. The minimum absolute atomic E-state index is 0.0797. The molecular weight excluding hydrogens is 366 g/mol. The number of nitrogens with one attached hydrogen (secondary N) is 1. The number of nitrogens with zero attached hydrogens (tertiary/aromatic N) is 2. The molecular formula is C23H27N3O3. The number of carbonyl (C=O) groups is 1. The van der Waals surface area contributed by atoms with E-state index < -0.39 is 0 Å². The van der Waals surface area contributed by atoms with Gasteiger partial charge in [-0.2, -0.15) is 0 Å². The highest BCUT2D eigenvalue weighted by atomic mass is 16.5. The number of hydrogen-bond donors (Lipinski definition) is 1. The predicted molar refractivity (Wildman–Crippen MR) is 114 cm³/mol. The molecule has 0 aromatic heterocycles. The number of hydrogen-bond acceptors (Lipinski definition) is 5. The molecule has 1 aliphatic heterocycles. The summed E-state index contributed by atoms with van der Waals surface area (Å²) in [6.07, 6.45) is 4.46. The van der Waals surface area contributed by atoms with Crippen LogP contribution in [0.1, 0.15) is 29.5 Å². The summed E-state index contributed by atoms with van der Waals surface area (Å²) in [5.41, 5.74) is 4.89. The fourth-order valence-corrected chi connectivity index (χ4v) is 4.08. The Morgan fingerprint density at radius 1 is 1.14 bits per heavy atom. The number of aryl methyl sites for hydroxylation is 2. The van der Waals surface area contributed by atoms with Gasteiger partial charge in [-0.1, -0.05) is 18.2 Å². The second-order valence-electron chi connectivity index (χ2n) is 7.36. The van der Waals surface area contributed by atoms with Crippen LogP contribution in [0.5, 0.6) is 11.5 Å². The maximum Gasteiger partial charge on any atom is 0.229 e. The molecule has 6 heteroatoms. The van der Waals surface area contributed by atoms with E-state index in [0.717, 1.165) is 24.1 Å². The molecule has 1 amide bonds. The van der Waals surface area contributed by atoms with Crippen LogP contribution in [0, 0.1) is 0 Å². The standard InChI is InChI=1S/C23H27N3O3/c1-28-20-11-9-16(15-21(20)29-2)10-12-22(27)26-14-13-24-23(26)25-19-8-4-6-17-5-3-7-18(17)19/h4,6,8-9,11,15H,3,5,7,10,12-14H2,1-2H3,(H,24,25). The van der Waals surface area contributed by atoms with E-state index in [1.165, 1.54) is 17.5 Å². The van der Waals surface area contributed by atoms with E-state index in [0.29, 0.717) is 43.4 Å². The van der Waals surface area contributed by atoms with Crippen LogP contribution in [0.3, 0.4) is 0 Å². The first-order chi connectivity index (χ1) is 14.2. The number of benzene rings is 2. The third kappa shape index (κ3) is 4.06. The van der Waals surface area contributed by atoms with E-state index >= 15 is 0 Å². The van der Waals surface area contributed by atoms with Crippen molar-refractivity contribution in [3.05, 3.63) is 53.1 Å². The number of methoxy groups -OCH3 is 2. The molecule has 6 nitrogen and oxygen atoms in total. The number of aliphatic imine (C=N–C) groups is 1. The molecule has 0 saturated carbocycles. The third-order valence-electron chi connectivity index (χ3n) is 5.61. The molecule has 0 fully saturated rings. The Morgan fingerprint density at radius 2 is 2.00 bits per heavy atom. The smallest absolute Gasteiger partial charge is 0.229 e. The van der Waals surface area contributed by atoms with Crippen LogP contribution >= 0.6 is 0 Å². The van der Waals surface area contributed by atoms with Gasteiger partial charge < -0.3 is 14.8 Å². The topological polar surface area (TPSA) is 63.2 Å². The Bertz CT molecular complexity index is 939. The Hall–Kier alpha value is -3.02. The van der Waals surface area contributed by atoms with Crippen molar-refractivity contribution in [2.24, 2.45) is 4.99 Å². The molecule has 0 saturated heterocycles. The van der Waals surface area contributed by atoms with E-state index in [4.69, 9.17) is 9.47 Å². The number of carbonyl (C=O) groups excluding carboxylic acids is 1. The summed E-state index contributed by atoms with van der Waals surface area (Å²) in [6, 6.07) is 12.1. The molecule has 29 heavy (non-hydrogen) atoms. The zero-order valence-electron chi connectivity index (χ0n) is 17.0. The van der Waals surface area contributed by atoms with Crippen molar-refractivity contribution in [2.75, 3.05) is 32.6 Å². The van der Waals surface area contributed by atoms with Crippen LogP contribution < -0.4 is 14.8 Å². The monoisotopic (exact) mass is 393 g/mol. The molecule has 0 radical (unpaired) electrons. The summed E-state index contributed by atoms with van der Waals surface area (Å²) in [6.45, 7) is 1.27. The summed E-state index contributed by atoms with van der Waals surface area (Å²) in [7, 11) is 3.23. The Kier molecular flexibility index (Phi) is 5.69. The first-order valence-electron chi connectivity index (χ1n) is 10.1. The average Bonchev–Trinajstić information content (AvgIpc) is 3.41. The van der Waals surface area contributed by atoms with Crippen molar-refractivity contribution in [1.82, 2.24) is 4.90 Å². The van der Waals surface area contributed by atoms with Crippen LogP contribution in [0.15, 0.2) is 41.4 Å². The van der Waals surface area contributed by atoms with Crippen LogP contribution in [0.2, 0.25) is 0 Å². The van der Waals surface area contributed by atoms with Crippen LogP contribution in [0.25, 0.3) is 0 Å². The SMILES string of the molecule is COc1ccc(CCC(=O)N2CCN=C2Nc2cccc3c2CCC3)cc1OC. The molecule has 0 atom stereocenters. The number of ether oxygens (including phenoxy) is 2. The number of rotatable bonds is 6. The third-order valence-corrected chi connectivity index (χ3v) is 5.61. The molecule has 1 heterocycles. The predicted octanol–water partition coefficient (Wildman–Crippen LogP) is 3.44. The highest BCUT2D eigenvalue weighted by molar-refractivity contribution is 6.05. The Morgan fingerprint density at radius 3 is 2.83 bits per heavy atom. The maximum absolute atomic E-state index is 12.9. The molecule has 1 aliphatic carbocycles. The first kappa shape index (κ1) is 19.3. The maximum atomic E-state index is 12.9. The average molecular weight is 393 g/mol. The van der Waals surface area contributed by atoms with Crippen molar-refractivity contribution in [2.45, 2.75) is 32.1 Å². The molecule has 0 bridgehead atoms. The van der Waals surface area contributed by atoms with E-state index in [9.17, 15) is 4.79 Å². The lowest BCUT2D eigenvalue weighted by atomic mass is 10.1. The fourth-order valence-electron chi connectivity index (χ4n) is 4.08. The van der Waals surface area contributed by atoms with E-state index in [-0.39, 0.29) is 5.91 Å². The molecule has 0 spiro atoms. The minimum atomic E-state index is 0.0797. The van der Waals surface area contributed by atoms with Gasteiger partial charge in [-0.05, 0) is 60.6 Å². The summed E-state index contributed by atoms with van der Waals surface area (Å²) in [5, 5.41) is 3.42. The van der Waals surface area contributed by atoms with Gasteiger partial charge >= 0.3 is 0 Å². The van der Waals surface area contributed by atoms with E-state index in [1.54, 1.807) is 19.1 Å². The van der Waals surface area contributed by atoms with E-state index in [2.05, 4.69) is 28.5 Å². The van der Waals surface area contributed by atoms with Gasteiger partial charge in [-0.3, -0.25) is 14.7 Å². The molecule has 2 aliphatic rings. The van der Waals surface area contributed by atoms with Crippen LogP contribution in [-0.2, 0) is 24.1 Å². The first-order valence-corrected chi connectivity index (χ1v) is 10.1. The summed E-state index contributed by atoms with van der Waals surface area (Å²) < 4.78 is 10.6. The second-order valence-corrected chi connectivity index (χ2v) is 7.36. The number of amides is 1. The lowest BCUT2D eigenvalue weighted by Gasteiger charge is -2.20. The lowest BCUT2D eigenvalue weighted by molar-refractivity contribution is -0.126. The van der Waals surface area contributed by atoms with Gasteiger partial charge in [0.1, 0.15) is 0 Å². The Labute approximate surface area is 171 Å². The number of anilines is 1. The number of fused-ring (bicyclic) bond motifs is 1. The van der Waals surface area contributed by atoms with Gasteiger partial charge in [0.15, 0.2) is 11.5 Å². The van der Waals surface area contributed by atoms with Gasteiger partial charge in [-0.15, -0.1) is 0 Å².